The first-order chi connectivity index (χ1) is 12.7. The van der Waals surface area contributed by atoms with Gasteiger partial charge in [-0.05, 0) is 58.2 Å². The second-order valence-electron chi connectivity index (χ2n) is 5.55. The number of nitrogens with one attached hydrogen (secondary N) is 2. The number of anilines is 1. The number of H-pyrrole nitrogens is 1. The molecule has 3 heterocycles. The average Bonchev–Trinajstić information content (AvgIpc) is 3.10. The Morgan fingerprint density at radius 3 is 2.92 bits per heavy atom. The lowest BCUT2D eigenvalue weighted by atomic mass is 10.0. The molecule has 1 aromatic carbocycles. The number of hydrogen-bond donors (Lipinski definition) is 2. The van der Waals surface area contributed by atoms with Gasteiger partial charge in [-0.1, -0.05) is 12.1 Å². The number of nitrogens with zero attached hydrogens (tertiary/aromatic N) is 2. The van der Waals surface area contributed by atoms with Gasteiger partial charge in [-0.15, -0.1) is 0 Å². The topological polar surface area (TPSA) is 70.7 Å². The van der Waals surface area contributed by atoms with Crippen molar-refractivity contribution in [2.75, 3.05) is 4.72 Å². The Balaban J connectivity index is 1.59. The summed E-state index contributed by atoms with van der Waals surface area (Å²) in [5, 5.41) is 0.799. The number of aromatic amines is 1. The molecule has 2 N–H and O–H groups in total. The highest BCUT2D eigenvalue weighted by atomic mass is 79.9. The Kier molecular flexibility index (Phi) is 4.73. The zero-order chi connectivity index (χ0) is 17.9. The summed E-state index contributed by atoms with van der Waals surface area (Å²) in [5.74, 6) is -0.0498. The first-order valence-corrected chi connectivity index (χ1v) is 9.42. The maximum absolute atomic E-state index is 13.0. The number of hydrogen-bond acceptors (Lipinski definition) is 5. The van der Waals surface area contributed by atoms with Crippen LogP contribution in [-0.4, -0.2) is 20.7 Å². The smallest absolute Gasteiger partial charge is 0.195 e. The van der Waals surface area contributed by atoms with Crippen LogP contribution in [0.15, 0.2) is 76.6 Å². The highest BCUT2D eigenvalue weighted by molar-refractivity contribution is 9.10. The number of rotatable bonds is 5. The summed E-state index contributed by atoms with van der Waals surface area (Å²) in [6, 6.07) is 13.2. The maximum atomic E-state index is 13.0. The Hall–Kier alpha value is -2.64. The third-order valence-corrected chi connectivity index (χ3v) is 5.04. The SMILES string of the molecule is O=C(c1cccc(NSc2cccnc2)c1)c1c[nH]c2ncc(Br)cc12. The van der Waals surface area contributed by atoms with Gasteiger partial charge in [-0.3, -0.25) is 9.78 Å². The predicted molar refractivity (Wildman–Crippen MR) is 107 cm³/mol. The highest BCUT2D eigenvalue weighted by Gasteiger charge is 2.15. The van der Waals surface area contributed by atoms with Crippen molar-refractivity contribution in [1.82, 2.24) is 15.0 Å². The Labute approximate surface area is 162 Å². The third-order valence-electron chi connectivity index (χ3n) is 3.79. The molecule has 5 nitrogen and oxygen atoms in total. The third kappa shape index (κ3) is 3.49. The molecule has 3 aromatic heterocycles. The van der Waals surface area contributed by atoms with Crippen LogP contribution in [0.4, 0.5) is 5.69 Å². The van der Waals surface area contributed by atoms with E-state index in [9.17, 15) is 4.79 Å². The molecular formula is C19H13BrN4OS. The number of fused-ring (bicyclic) bond motifs is 1. The Bertz CT molecular complexity index is 1080. The van der Waals surface area contributed by atoms with Crippen LogP contribution in [0.5, 0.6) is 0 Å². The van der Waals surface area contributed by atoms with Crippen LogP contribution >= 0.6 is 27.9 Å². The molecule has 0 aliphatic heterocycles. The summed E-state index contributed by atoms with van der Waals surface area (Å²) in [5.41, 5.74) is 2.76. The molecule has 0 spiro atoms. The average molecular weight is 425 g/mol. The Morgan fingerprint density at radius 2 is 2.08 bits per heavy atom. The molecule has 0 bridgehead atoms. The van der Waals surface area contributed by atoms with Crippen LogP contribution in [-0.2, 0) is 0 Å². The molecule has 4 aromatic rings. The van der Waals surface area contributed by atoms with Crippen molar-refractivity contribution in [1.29, 1.82) is 0 Å². The molecule has 0 radical (unpaired) electrons. The molecule has 4 rings (SSSR count). The van der Waals surface area contributed by atoms with Crippen molar-refractivity contribution in [2.24, 2.45) is 0 Å². The van der Waals surface area contributed by atoms with Crippen LogP contribution in [0.3, 0.4) is 0 Å². The summed E-state index contributed by atoms with van der Waals surface area (Å²) in [6.07, 6.45) is 6.92. The van der Waals surface area contributed by atoms with Gasteiger partial charge in [-0.2, -0.15) is 0 Å². The molecule has 0 saturated carbocycles. The van der Waals surface area contributed by atoms with Gasteiger partial charge < -0.3 is 9.71 Å². The summed E-state index contributed by atoms with van der Waals surface area (Å²) in [7, 11) is 0. The van der Waals surface area contributed by atoms with Gasteiger partial charge >= 0.3 is 0 Å². The second-order valence-corrected chi connectivity index (χ2v) is 7.35. The molecule has 26 heavy (non-hydrogen) atoms. The number of ketones is 1. The first kappa shape index (κ1) is 16.8. The molecule has 7 heteroatoms. The summed E-state index contributed by atoms with van der Waals surface area (Å²) in [6.45, 7) is 0. The van der Waals surface area contributed by atoms with Gasteiger partial charge in [0.1, 0.15) is 5.65 Å². The molecule has 0 aliphatic rings. The second kappa shape index (κ2) is 7.31. The highest BCUT2D eigenvalue weighted by Crippen LogP contribution is 2.25. The molecule has 0 unspecified atom stereocenters. The van der Waals surface area contributed by atoms with Gasteiger partial charge in [-0.25, -0.2) is 4.98 Å². The van der Waals surface area contributed by atoms with E-state index in [-0.39, 0.29) is 5.78 Å². The predicted octanol–water partition coefficient (Wildman–Crippen LogP) is 5.07. The molecule has 0 fully saturated rings. The molecule has 0 saturated heterocycles. The summed E-state index contributed by atoms with van der Waals surface area (Å²) in [4.78, 5) is 25.4. The zero-order valence-electron chi connectivity index (χ0n) is 13.4. The van der Waals surface area contributed by atoms with Gasteiger partial charge in [0.25, 0.3) is 0 Å². The first-order valence-electron chi connectivity index (χ1n) is 7.81. The number of pyridine rings is 2. The number of aromatic nitrogens is 3. The van der Waals surface area contributed by atoms with E-state index >= 15 is 0 Å². The normalized spacial score (nSPS) is 10.8. The fraction of sp³-hybridized carbons (Fsp3) is 0. The van der Waals surface area contributed by atoms with Crippen molar-refractivity contribution in [3.63, 3.8) is 0 Å². The van der Waals surface area contributed by atoms with Crippen LogP contribution in [0.25, 0.3) is 11.0 Å². The number of carbonyl (C=O) groups is 1. The Morgan fingerprint density at radius 1 is 1.15 bits per heavy atom. The van der Waals surface area contributed by atoms with Crippen molar-refractivity contribution < 1.29 is 4.79 Å². The van der Waals surface area contributed by atoms with E-state index in [0.29, 0.717) is 16.8 Å². The minimum atomic E-state index is -0.0498. The molecule has 0 aliphatic carbocycles. The molecule has 0 atom stereocenters. The fourth-order valence-electron chi connectivity index (χ4n) is 2.57. The van der Waals surface area contributed by atoms with Gasteiger partial charge in [0.2, 0.25) is 0 Å². The van der Waals surface area contributed by atoms with E-state index < -0.39 is 0 Å². The fourth-order valence-corrected chi connectivity index (χ4v) is 3.52. The minimum Gasteiger partial charge on any atom is -0.345 e. The lowest BCUT2D eigenvalue weighted by Crippen LogP contribution is -2.01. The summed E-state index contributed by atoms with van der Waals surface area (Å²) < 4.78 is 4.08. The van der Waals surface area contributed by atoms with Crippen LogP contribution in [0, 0.1) is 0 Å². The van der Waals surface area contributed by atoms with Crippen molar-refractivity contribution >= 4 is 50.4 Å². The lowest BCUT2D eigenvalue weighted by molar-refractivity contribution is 0.104. The van der Waals surface area contributed by atoms with E-state index in [2.05, 4.69) is 35.6 Å². The lowest BCUT2D eigenvalue weighted by Gasteiger charge is -2.07. The largest absolute Gasteiger partial charge is 0.345 e. The van der Waals surface area contributed by atoms with E-state index in [1.165, 1.54) is 11.9 Å². The van der Waals surface area contributed by atoms with Crippen LogP contribution in [0.1, 0.15) is 15.9 Å². The summed E-state index contributed by atoms with van der Waals surface area (Å²) >= 11 is 4.86. The van der Waals surface area contributed by atoms with E-state index in [4.69, 9.17) is 0 Å². The quantitative estimate of drug-likeness (QED) is 0.345. The van der Waals surface area contributed by atoms with Crippen molar-refractivity contribution in [2.45, 2.75) is 4.90 Å². The van der Waals surface area contributed by atoms with E-state index in [0.717, 1.165) is 20.4 Å². The van der Waals surface area contributed by atoms with E-state index in [1.807, 2.05) is 42.5 Å². The maximum Gasteiger partial charge on any atom is 0.195 e. The van der Waals surface area contributed by atoms with E-state index in [1.54, 1.807) is 24.8 Å². The van der Waals surface area contributed by atoms with Gasteiger partial charge in [0.15, 0.2) is 5.78 Å². The van der Waals surface area contributed by atoms with Crippen LogP contribution < -0.4 is 4.72 Å². The zero-order valence-corrected chi connectivity index (χ0v) is 15.8. The van der Waals surface area contributed by atoms with Crippen molar-refractivity contribution in [3.05, 3.63) is 82.9 Å². The molecule has 0 amide bonds. The van der Waals surface area contributed by atoms with Crippen molar-refractivity contribution in [3.8, 4) is 0 Å². The number of carbonyl (C=O) groups excluding carboxylic acids is 1. The molecular weight excluding hydrogens is 412 g/mol. The number of benzene rings is 1. The monoisotopic (exact) mass is 424 g/mol. The minimum absolute atomic E-state index is 0.0498. The molecule has 128 valence electrons. The van der Waals surface area contributed by atoms with Gasteiger partial charge in [0, 0.05) is 56.4 Å². The number of halogens is 1. The van der Waals surface area contributed by atoms with Gasteiger partial charge in [0.05, 0.1) is 0 Å². The van der Waals surface area contributed by atoms with Crippen LogP contribution in [0.2, 0.25) is 0 Å². The standard InChI is InChI=1S/C19H13BrN4OS/c20-13-8-16-17(11-23-19(16)22-9-13)18(25)12-3-1-4-14(7-12)24-26-15-5-2-6-21-10-15/h1-11,24H,(H,22,23).